The van der Waals surface area contributed by atoms with Crippen molar-refractivity contribution >= 4 is 34.3 Å². The van der Waals surface area contributed by atoms with Crippen molar-refractivity contribution in [3.8, 4) is 0 Å². The Hall–Kier alpha value is -3.15. The van der Waals surface area contributed by atoms with Crippen molar-refractivity contribution in [3.05, 3.63) is 58.8 Å². The number of carbonyl (C=O) groups excluding carboxylic acids is 2. The van der Waals surface area contributed by atoms with Crippen molar-refractivity contribution < 1.29 is 18.4 Å². The number of hydrogen-bond acceptors (Lipinski definition) is 6. The van der Waals surface area contributed by atoms with Gasteiger partial charge in [-0.05, 0) is 12.1 Å². The van der Waals surface area contributed by atoms with Crippen LogP contribution in [0.4, 0.5) is 8.78 Å². The molecule has 0 spiro atoms. The number of amides is 2. The number of hydrazine groups is 1. The Bertz CT molecular complexity index is 1260. The van der Waals surface area contributed by atoms with Crippen LogP contribution in [0.2, 0.25) is 5.02 Å². The normalized spacial score (nSPS) is 20.6. The Morgan fingerprint density at radius 3 is 2.83 bits per heavy atom. The molecule has 0 radical (unpaired) electrons. The van der Waals surface area contributed by atoms with Crippen LogP contribution in [0.15, 0.2) is 36.7 Å². The van der Waals surface area contributed by atoms with Crippen molar-refractivity contribution in [1.82, 2.24) is 35.8 Å². The zero-order valence-corrected chi connectivity index (χ0v) is 19.4. The first kappa shape index (κ1) is 23.6. The molecule has 12 heteroatoms. The quantitative estimate of drug-likeness (QED) is 0.473. The number of halogens is 3. The Morgan fingerprint density at radius 1 is 1.23 bits per heavy atom. The molecule has 2 amide bonds. The van der Waals surface area contributed by atoms with E-state index in [1.54, 1.807) is 23.1 Å². The Kier molecular flexibility index (Phi) is 6.63. The third-order valence-corrected chi connectivity index (χ3v) is 6.73. The van der Waals surface area contributed by atoms with Crippen LogP contribution in [0.5, 0.6) is 0 Å². The number of fused-ring (bicyclic) bond motifs is 1. The topological polar surface area (TPSA) is 104 Å². The van der Waals surface area contributed by atoms with Gasteiger partial charge in [0.05, 0.1) is 29.0 Å². The monoisotopic (exact) mass is 503 g/mol. The van der Waals surface area contributed by atoms with E-state index in [1.165, 1.54) is 17.0 Å². The fraction of sp³-hybridized carbons (Fsp3) is 0.391. The third-order valence-electron chi connectivity index (χ3n) is 6.43. The Labute approximate surface area is 204 Å². The average molecular weight is 504 g/mol. The highest BCUT2D eigenvalue weighted by Crippen LogP contribution is 2.27. The highest BCUT2D eigenvalue weighted by molar-refractivity contribution is 6.30. The lowest BCUT2D eigenvalue weighted by molar-refractivity contribution is -0.139. The number of carbonyl (C=O) groups is 2. The van der Waals surface area contributed by atoms with Gasteiger partial charge in [0.1, 0.15) is 24.6 Å². The summed E-state index contributed by atoms with van der Waals surface area (Å²) in [5.74, 6) is -1.47. The first-order valence-corrected chi connectivity index (χ1v) is 11.7. The molecule has 2 fully saturated rings. The molecule has 3 N–H and O–H groups in total. The second-order valence-electron chi connectivity index (χ2n) is 8.72. The number of benzene rings is 1. The van der Waals surface area contributed by atoms with Gasteiger partial charge in [0.2, 0.25) is 11.8 Å². The van der Waals surface area contributed by atoms with Gasteiger partial charge in [-0.3, -0.25) is 30.1 Å². The molecule has 5 rings (SSSR count). The summed E-state index contributed by atoms with van der Waals surface area (Å²) in [4.78, 5) is 31.5. The maximum absolute atomic E-state index is 14.3. The predicted octanol–water partition coefficient (Wildman–Crippen LogP) is 1.67. The summed E-state index contributed by atoms with van der Waals surface area (Å²) >= 11 is 5.79. The standard InChI is InChI=1S/C23H24ClF2N7O2/c24-17-3-1-2-13(21(17)26)7-28-23(35)18-6-15(25)11-32(18)20(34)12-33-19-10-27-5-4-16(19)22(31-33)14-8-29-30-9-14/h1-5,10,14-15,18,29-30H,6-9,11-12H2,(H,28,35)/t15-,18+/m1/s1. The number of nitrogens with one attached hydrogen (secondary N) is 3. The van der Waals surface area contributed by atoms with E-state index in [-0.39, 0.29) is 42.6 Å². The first-order valence-electron chi connectivity index (χ1n) is 11.3. The molecule has 184 valence electrons. The number of nitrogens with zero attached hydrogens (tertiary/aromatic N) is 4. The molecule has 0 unspecified atom stereocenters. The van der Waals surface area contributed by atoms with Gasteiger partial charge in [-0.15, -0.1) is 0 Å². The fourth-order valence-corrected chi connectivity index (χ4v) is 4.83. The Balaban J connectivity index is 1.32. The summed E-state index contributed by atoms with van der Waals surface area (Å²) in [6.07, 6.45) is 1.86. The van der Waals surface area contributed by atoms with Crippen LogP contribution in [0.1, 0.15) is 23.6 Å². The van der Waals surface area contributed by atoms with E-state index in [0.29, 0.717) is 18.6 Å². The van der Waals surface area contributed by atoms with Gasteiger partial charge in [-0.25, -0.2) is 8.78 Å². The van der Waals surface area contributed by atoms with Gasteiger partial charge in [0, 0.05) is 49.1 Å². The number of hydrogen-bond donors (Lipinski definition) is 3. The van der Waals surface area contributed by atoms with Crippen molar-refractivity contribution in [2.75, 3.05) is 19.6 Å². The van der Waals surface area contributed by atoms with E-state index in [1.807, 2.05) is 6.07 Å². The lowest BCUT2D eigenvalue weighted by atomic mass is 10.0. The third kappa shape index (κ3) is 4.71. The molecule has 4 heterocycles. The smallest absolute Gasteiger partial charge is 0.245 e. The minimum atomic E-state index is -1.33. The van der Waals surface area contributed by atoms with Gasteiger partial charge < -0.3 is 10.2 Å². The number of rotatable bonds is 6. The van der Waals surface area contributed by atoms with Gasteiger partial charge in [0.15, 0.2) is 0 Å². The summed E-state index contributed by atoms with van der Waals surface area (Å²) in [5.41, 5.74) is 7.89. The van der Waals surface area contributed by atoms with Crippen molar-refractivity contribution in [3.63, 3.8) is 0 Å². The summed E-state index contributed by atoms with van der Waals surface area (Å²) in [7, 11) is 0. The van der Waals surface area contributed by atoms with E-state index in [4.69, 9.17) is 11.6 Å². The second kappa shape index (κ2) is 9.84. The minimum absolute atomic E-state index is 0.0530. The molecule has 35 heavy (non-hydrogen) atoms. The molecule has 2 atom stereocenters. The van der Waals surface area contributed by atoms with Crippen molar-refractivity contribution in [2.24, 2.45) is 0 Å². The fourth-order valence-electron chi connectivity index (χ4n) is 4.64. The van der Waals surface area contributed by atoms with Crippen LogP contribution < -0.4 is 16.2 Å². The molecule has 3 aromatic rings. The van der Waals surface area contributed by atoms with Gasteiger partial charge in [-0.2, -0.15) is 5.10 Å². The molecule has 2 aliphatic rings. The SMILES string of the molecule is O=C(NCc1cccc(Cl)c1F)[C@@H]1C[C@@H](F)CN1C(=O)Cn1nc(C2CNNC2)c2ccncc21. The van der Waals surface area contributed by atoms with E-state index >= 15 is 0 Å². The van der Waals surface area contributed by atoms with Gasteiger partial charge >= 0.3 is 0 Å². The largest absolute Gasteiger partial charge is 0.350 e. The number of alkyl halides is 1. The highest BCUT2D eigenvalue weighted by Gasteiger charge is 2.40. The molecule has 1 aromatic carbocycles. The van der Waals surface area contributed by atoms with Crippen LogP contribution >= 0.6 is 11.6 Å². The zero-order valence-electron chi connectivity index (χ0n) is 18.7. The molecular formula is C23H24ClF2N7O2. The van der Waals surface area contributed by atoms with Crippen LogP contribution in [0.25, 0.3) is 10.9 Å². The van der Waals surface area contributed by atoms with Crippen molar-refractivity contribution in [2.45, 2.75) is 37.6 Å². The predicted molar refractivity (Wildman–Crippen MR) is 125 cm³/mol. The van der Waals surface area contributed by atoms with E-state index in [9.17, 15) is 18.4 Å². The molecule has 2 aliphatic heterocycles. The van der Waals surface area contributed by atoms with E-state index < -0.39 is 29.8 Å². The highest BCUT2D eigenvalue weighted by atomic mass is 35.5. The van der Waals surface area contributed by atoms with Crippen LogP contribution in [0, 0.1) is 5.82 Å². The number of aromatic nitrogens is 3. The maximum atomic E-state index is 14.3. The Morgan fingerprint density at radius 2 is 2.03 bits per heavy atom. The minimum Gasteiger partial charge on any atom is -0.350 e. The molecule has 2 aromatic heterocycles. The molecule has 0 saturated carbocycles. The van der Waals surface area contributed by atoms with Gasteiger partial charge in [0.25, 0.3) is 0 Å². The maximum Gasteiger partial charge on any atom is 0.245 e. The molecular weight excluding hydrogens is 480 g/mol. The second-order valence-corrected chi connectivity index (χ2v) is 9.13. The summed E-state index contributed by atoms with van der Waals surface area (Å²) in [6, 6.07) is 5.34. The molecule has 0 bridgehead atoms. The molecule has 0 aliphatic carbocycles. The summed E-state index contributed by atoms with van der Waals surface area (Å²) in [5, 5.41) is 8.11. The van der Waals surface area contributed by atoms with Crippen LogP contribution in [0.3, 0.4) is 0 Å². The van der Waals surface area contributed by atoms with E-state index in [2.05, 4.69) is 26.3 Å². The van der Waals surface area contributed by atoms with Crippen LogP contribution in [-0.4, -0.2) is 63.3 Å². The van der Waals surface area contributed by atoms with E-state index in [0.717, 1.165) is 11.1 Å². The average Bonchev–Trinajstić information content (AvgIpc) is 3.59. The first-order chi connectivity index (χ1) is 16.9. The number of likely N-dealkylation sites (tertiary alicyclic amines) is 1. The van der Waals surface area contributed by atoms with Crippen LogP contribution in [-0.2, 0) is 22.7 Å². The lowest BCUT2D eigenvalue weighted by Crippen LogP contribution is -2.46. The number of pyridine rings is 1. The summed E-state index contributed by atoms with van der Waals surface area (Å²) < 4.78 is 30.0. The molecule has 9 nitrogen and oxygen atoms in total. The zero-order chi connectivity index (χ0) is 24.5. The lowest BCUT2D eigenvalue weighted by Gasteiger charge is -2.24. The molecule has 2 saturated heterocycles. The van der Waals surface area contributed by atoms with Crippen molar-refractivity contribution in [1.29, 1.82) is 0 Å². The summed E-state index contributed by atoms with van der Waals surface area (Å²) in [6.45, 7) is 0.933. The van der Waals surface area contributed by atoms with Gasteiger partial charge in [-0.1, -0.05) is 23.7 Å².